The van der Waals surface area contributed by atoms with Gasteiger partial charge in [-0.25, -0.2) is 0 Å². The number of nitrogens with two attached hydrogens (primary N) is 1. The van der Waals surface area contributed by atoms with E-state index in [1.165, 1.54) is 25.7 Å². The summed E-state index contributed by atoms with van der Waals surface area (Å²) >= 11 is 0. The Labute approximate surface area is 106 Å². The first-order valence-electron chi connectivity index (χ1n) is 7.11. The molecule has 0 saturated carbocycles. The Morgan fingerprint density at radius 2 is 2.00 bits per heavy atom. The lowest BCUT2D eigenvalue weighted by molar-refractivity contribution is -0.125. The summed E-state index contributed by atoms with van der Waals surface area (Å²) in [5.41, 5.74) is 5.54. The number of carbonyl (C=O) groups is 1. The van der Waals surface area contributed by atoms with Crippen LogP contribution in [0.1, 0.15) is 59.3 Å². The number of unbranched alkanes of at least 4 members (excludes halogenated alkanes) is 3. The van der Waals surface area contributed by atoms with E-state index in [4.69, 9.17) is 5.73 Å². The molecule has 100 valence electrons. The minimum Gasteiger partial charge on any atom is -0.369 e. The number of hydrogen-bond acceptors (Lipinski definition) is 2. The average molecular weight is 240 g/mol. The Balaban J connectivity index is 2.48. The van der Waals surface area contributed by atoms with E-state index in [-0.39, 0.29) is 11.8 Å². The smallest absolute Gasteiger partial charge is 0.222 e. The molecule has 1 heterocycles. The summed E-state index contributed by atoms with van der Waals surface area (Å²) in [6.07, 6.45) is 7.15. The molecule has 4 atom stereocenters. The standard InChI is InChI=1S/C14H28N2O/c1-4-5-6-7-8-12-13(14(15)17)10(2)9-11(3)16-12/h10-13,16H,4-9H2,1-3H3,(H2,15,17). The number of piperidine rings is 1. The third-order valence-electron chi connectivity index (χ3n) is 3.97. The van der Waals surface area contributed by atoms with E-state index < -0.39 is 0 Å². The zero-order chi connectivity index (χ0) is 12.8. The third kappa shape index (κ3) is 4.30. The molecule has 0 aromatic heterocycles. The molecular formula is C14H28N2O. The number of nitrogens with one attached hydrogen (secondary N) is 1. The molecule has 3 nitrogen and oxygen atoms in total. The normalized spacial score (nSPS) is 33.6. The van der Waals surface area contributed by atoms with E-state index in [0.29, 0.717) is 18.0 Å². The molecule has 4 unspecified atom stereocenters. The van der Waals surface area contributed by atoms with Gasteiger partial charge in [0.1, 0.15) is 0 Å². The maximum atomic E-state index is 11.6. The lowest BCUT2D eigenvalue weighted by Crippen LogP contribution is -2.54. The Kier molecular flexibility index (Phi) is 5.96. The van der Waals surface area contributed by atoms with Gasteiger partial charge in [-0.2, -0.15) is 0 Å². The van der Waals surface area contributed by atoms with Crippen LogP contribution in [0, 0.1) is 11.8 Å². The number of rotatable bonds is 6. The van der Waals surface area contributed by atoms with Crippen molar-refractivity contribution in [2.75, 3.05) is 0 Å². The summed E-state index contributed by atoms with van der Waals surface area (Å²) in [6.45, 7) is 6.58. The Morgan fingerprint density at radius 3 is 2.59 bits per heavy atom. The predicted octanol–water partition coefficient (Wildman–Crippen LogP) is 2.44. The molecule has 1 rings (SSSR count). The van der Waals surface area contributed by atoms with Crippen LogP contribution in [0.3, 0.4) is 0 Å². The first-order valence-corrected chi connectivity index (χ1v) is 7.11. The maximum absolute atomic E-state index is 11.6. The zero-order valence-corrected chi connectivity index (χ0v) is 11.5. The molecule has 0 radical (unpaired) electrons. The fourth-order valence-corrected chi connectivity index (χ4v) is 3.17. The molecule has 1 aliphatic heterocycles. The summed E-state index contributed by atoms with van der Waals surface area (Å²) in [6, 6.07) is 0.805. The van der Waals surface area contributed by atoms with Crippen molar-refractivity contribution in [2.45, 2.75) is 71.4 Å². The summed E-state index contributed by atoms with van der Waals surface area (Å²) < 4.78 is 0. The topological polar surface area (TPSA) is 55.1 Å². The van der Waals surface area contributed by atoms with Crippen LogP contribution in [0.25, 0.3) is 0 Å². The average Bonchev–Trinajstić information content (AvgIpc) is 2.22. The van der Waals surface area contributed by atoms with Gasteiger partial charge >= 0.3 is 0 Å². The van der Waals surface area contributed by atoms with Crippen LogP contribution in [-0.4, -0.2) is 18.0 Å². The molecule has 0 spiro atoms. The number of primary amides is 1. The monoisotopic (exact) mass is 240 g/mol. The molecule has 1 saturated heterocycles. The second-order valence-electron chi connectivity index (χ2n) is 5.66. The summed E-state index contributed by atoms with van der Waals surface area (Å²) in [7, 11) is 0. The first-order chi connectivity index (χ1) is 8.06. The van der Waals surface area contributed by atoms with Crippen LogP contribution >= 0.6 is 0 Å². The van der Waals surface area contributed by atoms with E-state index >= 15 is 0 Å². The maximum Gasteiger partial charge on any atom is 0.222 e. The van der Waals surface area contributed by atoms with Crippen molar-refractivity contribution in [3.8, 4) is 0 Å². The highest BCUT2D eigenvalue weighted by Crippen LogP contribution is 2.28. The van der Waals surface area contributed by atoms with Crippen LogP contribution in [-0.2, 0) is 4.79 Å². The van der Waals surface area contributed by atoms with Gasteiger partial charge in [-0.15, -0.1) is 0 Å². The Hall–Kier alpha value is -0.570. The third-order valence-corrected chi connectivity index (χ3v) is 3.97. The van der Waals surface area contributed by atoms with Crippen molar-refractivity contribution in [3.63, 3.8) is 0 Å². The van der Waals surface area contributed by atoms with Gasteiger partial charge in [-0.1, -0.05) is 39.5 Å². The number of amides is 1. The quantitative estimate of drug-likeness (QED) is 0.701. The van der Waals surface area contributed by atoms with Gasteiger partial charge in [0.15, 0.2) is 0 Å². The SMILES string of the molecule is CCCCCCC1NC(C)CC(C)C1C(N)=O. The lowest BCUT2D eigenvalue weighted by Gasteiger charge is -2.39. The van der Waals surface area contributed by atoms with Crippen molar-refractivity contribution < 1.29 is 4.79 Å². The van der Waals surface area contributed by atoms with E-state index in [1.807, 2.05) is 0 Å². The lowest BCUT2D eigenvalue weighted by atomic mass is 9.77. The van der Waals surface area contributed by atoms with Crippen molar-refractivity contribution >= 4 is 5.91 Å². The molecule has 17 heavy (non-hydrogen) atoms. The van der Waals surface area contributed by atoms with Crippen LogP contribution in [0.2, 0.25) is 0 Å². The summed E-state index contributed by atoms with van der Waals surface area (Å²) in [5, 5.41) is 3.55. The molecule has 1 fully saturated rings. The Bertz CT molecular complexity index is 242. The van der Waals surface area contributed by atoms with Crippen LogP contribution in [0.5, 0.6) is 0 Å². The molecule has 0 aromatic rings. The number of hydrogen-bond donors (Lipinski definition) is 2. The van der Waals surface area contributed by atoms with E-state index in [2.05, 4.69) is 26.1 Å². The molecule has 0 aromatic carbocycles. The second-order valence-corrected chi connectivity index (χ2v) is 5.66. The fraction of sp³-hybridized carbons (Fsp3) is 0.929. The van der Waals surface area contributed by atoms with Crippen molar-refractivity contribution in [2.24, 2.45) is 17.6 Å². The van der Waals surface area contributed by atoms with Gasteiger partial charge in [-0.05, 0) is 25.7 Å². The fourth-order valence-electron chi connectivity index (χ4n) is 3.17. The predicted molar refractivity (Wildman–Crippen MR) is 71.6 cm³/mol. The summed E-state index contributed by atoms with van der Waals surface area (Å²) in [5.74, 6) is 0.310. The molecular weight excluding hydrogens is 212 g/mol. The van der Waals surface area contributed by atoms with Crippen molar-refractivity contribution in [1.82, 2.24) is 5.32 Å². The highest BCUT2D eigenvalue weighted by Gasteiger charge is 2.36. The van der Waals surface area contributed by atoms with Gasteiger partial charge < -0.3 is 11.1 Å². The van der Waals surface area contributed by atoms with Gasteiger partial charge in [0.25, 0.3) is 0 Å². The Morgan fingerprint density at radius 1 is 1.29 bits per heavy atom. The molecule has 1 amide bonds. The van der Waals surface area contributed by atoms with Gasteiger partial charge in [0.05, 0.1) is 5.92 Å². The van der Waals surface area contributed by atoms with Crippen molar-refractivity contribution in [3.05, 3.63) is 0 Å². The van der Waals surface area contributed by atoms with E-state index in [0.717, 1.165) is 12.8 Å². The molecule has 3 N–H and O–H groups in total. The zero-order valence-electron chi connectivity index (χ0n) is 11.5. The van der Waals surface area contributed by atoms with Gasteiger partial charge in [-0.3, -0.25) is 4.79 Å². The molecule has 3 heteroatoms. The van der Waals surface area contributed by atoms with E-state index in [9.17, 15) is 4.79 Å². The van der Waals surface area contributed by atoms with E-state index in [1.54, 1.807) is 0 Å². The molecule has 1 aliphatic rings. The first kappa shape index (κ1) is 14.5. The highest BCUT2D eigenvalue weighted by molar-refractivity contribution is 5.77. The van der Waals surface area contributed by atoms with Crippen LogP contribution in [0.15, 0.2) is 0 Å². The molecule has 0 bridgehead atoms. The van der Waals surface area contributed by atoms with Crippen molar-refractivity contribution in [1.29, 1.82) is 0 Å². The van der Waals surface area contributed by atoms with Gasteiger partial charge in [0.2, 0.25) is 5.91 Å². The minimum absolute atomic E-state index is 0.0211. The molecule has 0 aliphatic carbocycles. The largest absolute Gasteiger partial charge is 0.369 e. The highest BCUT2D eigenvalue weighted by atomic mass is 16.1. The van der Waals surface area contributed by atoms with Crippen LogP contribution < -0.4 is 11.1 Å². The van der Waals surface area contributed by atoms with Gasteiger partial charge in [0, 0.05) is 12.1 Å². The summed E-state index contributed by atoms with van der Waals surface area (Å²) in [4.78, 5) is 11.6. The number of carbonyl (C=O) groups excluding carboxylic acids is 1. The minimum atomic E-state index is -0.127. The van der Waals surface area contributed by atoms with Crippen LogP contribution in [0.4, 0.5) is 0 Å². The second kappa shape index (κ2) is 7.00.